The molecular weight excluding hydrogens is 288 g/mol. The zero-order chi connectivity index (χ0) is 8.10. The lowest BCUT2D eigenvalue weighted by molar-refractivity contribution is 0.814. The summed E-state index contributed by atoms with van der Waals surface area (Å²) in [6.45, 7) is 0. The van der Waals surface area contributed by atoms with E-state index in [0.29, 0.717) is 0 Å². The van der Waals surface area contributed by atoms with E-state index in [2.05, 4.69) is 43.3 Å². The van der Waals surface area contributed by atoms with Gasteiger partial charge >= 0.3 is 0 Å². The van der Waals surface area contributed by atoms with E-state index in [0.717, 1.165) is 5.33 Å². The molecule has 0 saturated heterocycles. The van der Waals surface area contributed by atoms with Crippen LogP contribution in [0.15, 0.2) is 15.9 Å². The Morgan fingerprint density at radius 3 is 2.73 bits per heavy atom. The lowest BCUT2D eigenvalue weighted by Crippen LogP contribution is -1.82. The van der Waals surface area contributed by atoms with E-state index < -0.39 is 0 Å². The lowest BCUT2D eigenvalue weighted by Gasteiger charge is -1.95. The molecule has 0 saturated carbocycles. The van der Waals surface area contributed by atoms with E-state index in [1.54, 1.807) is 0 Å². The topological polar surface area (TPSA) is 0 Å². The van der Waals surface area contributed by atoms with E-state index in [1.165, 1.54) is 28.6 Å². The van der Waals surface area contributed by atoms with Crippen molar-refractivity contribution in [3.63, 3.8) is 0 Å². The third-order valence-electron chi connectivity index (χ3n) is 1.48. The summed E-state index contributed by atoms with van der Waals surface area (Å²) in [6.07, 6.45) is 3.76. The third-order valence-corrected chi connectivity index (χ3v) is 4.03. The maximum Gasteiger partial charge on any atom is 0.0314 e. The molecule has 0 aliphatic rings. The number of hydrogen-bond donors (Lipinski definition) is 0. The van der Waals surface area contributed by atoms with Crippen LogP contribution in [0.4, 0.5) is 0 Å². The van der Waals surface area contributed by atoms with Crippen LogP contribution in [0.1, 0.15) is 17.7 Å². The van der Waals surface area contributed by atoms with Gasteiger partial charge in [0.15, 0.2) is 0 Å². The van der Waals surface area contributed by atoms with Crippen LogP contribution in [0, 0.1) is 0 Å². The molecule has 0 nitrogen and oxygen atoms in total. The molecular formula is C8H10Br2S. The molecule has 0 N–H and O–H groups in total. The second kappa shape index (κ2) is 5.33. The van der Waals surface area contributed by atoms with Crippen LogP contribution in [-0.4, -0.2) is 5.33 Å². The van der Waals surface area contributed by atoms with Gasteiger partial charge in [-0.3, -0.25) is 0 Å². The summed E-state index contributed by atoms with van der Waals surface area (Å²) in [6, 6.07) is 2.12. The van der Waals surface area contributed by atoms with Gasteiger partial charge in [-0.05, 0) is 46.6 Å². The third kappa shape index (κ3) is 3.26. The van der Waals surface area contributed by atoms with Crippen LogP contribution in [0.3, 0.4) is 0 Å². The smallest absolute Gasteiger partial charge is 0.0314 e. The number of unbranched alkanes of at least 4 members (excludes halogenated alkanes) is 1. The molecule has 0 aliphatic heterocycles. The van der Waals surface area contributed by atoms with E-state index in [1.807, 2.05) is 11.3 Å². The molecule has 0 spiro atoms. The maximum atomic E-state index is 3.52. The zero-order valence-corrected chi connectivity index (χ0v) is 10.1. The van der Waals surface area contributed by atoms with Crippen LogP contribution < -0.4 is 0 Å². The van der Waals surface area contributed by atoms with Gasteiger partial charge in [-0.25, -0.2) is 0 Å². The second-order valence-electron chi connectivity index (χ2n) is 2.34. The van der Waals surface area contributed by atoms with Gasteiger partial charge in [0.1, 0.15) is 0 Å². The van der Waals surface area contributed by atoms with Gasteiger partial charge in [-0.2, -0.15) is 0 Å². The minimum Gasteiger partial charge on any atom is -0.148 e. The summed E-state index contributed by atoms with van der Waals surface area (Å²) in [7, 11) is 0. The van der Waals surface area contributed by atoms with E-state index in [-0.39, 0.29) is 0 Å². The molecule has 0 bridgehead atoms. The van der Waals surface area contributed by atoms with Crippen molar-refractivity contribution in [3.05, 3.63) is 20.8 Å². The molecule has 0 aromatic carbocycles. The van der Waals surface area contributed by atoms with Gasteiger partial charge in [-0.1, -0.05) is 15.9 Å². The molecule has 1 rings (SSSR count). The van der Waals surface area contributed by atoms with Crippen LogP contribution in [0.25, 0.3) is 0 Å². The van der Waals surface area contributed by atoms with Crippen LogP contribution in [0.2, 0.25) is 0 Å². The first-order valence-corrected chi connectivity index (χ1v) is 6.42. The Morgan fingerprint density at radius 1 is 1.36 bits per heavy atom. The summed E-state index contributed by atoms with van der Waals surface area (Å²) in [5, 5.41) is 3.25. The average Bonchev–Trinajstić information content (AvgIpc) is 2.37. The summed E-state index contributed by atoms with van der Waals surface area (Å²) < 4.78 is 1.28. The monoisotopic (exact) mass is 296 g/mol. The van der Waals surface area contributed by atoms with Crippen molar-refractivity contribution in [1.82, 2.24) is 0 Å². The predicted molar refractivity (Wildman–Crippen MR) is 58.8 cm³/mol. The molecule has 62 valence electrons. The van der Waals surface area contributed by atoms with Crippen molar-refractivity contribution >= 4 is 43.2 Å². The van der Waals surface area contributed by atoms with Gasteiger partial charge in [0.25, 0.3) is 0 Å². The fourth-order valence-corrected chi connectivity index (χ4v) is 2.88. The average molecular weight is 298 g/mol. The number of thiophene rings is 1. The minimum absolute atomic E-state index is 1.12. The zero-order valence-electron chi connectivity index (χ0n) is 6.15. The van der Waals surface area contributed by atoms with Crippen molar-refractivity contribution in [1.29, 1.82) is 0 Å². The molecule has 3 heteroatoms. The van der Waals surface area contributed by atoms with Gasteiger partial charge in [0.05, 0.1) is 0 Å². The van der Waals surface area contributed by atoms with Crippen molar-refractivity contribution in [2.45, 2.75) is 19.3 Å². The Balaban J connectivity index is 2.32. The molecule has 1 aromatic rings. The van der Waals surface area contributed by atoms with Gasteiger partial charge in [0.2, 0.25) is 0 Å². The van der Waals surface area contributed by atoms with Crippen LogP contribution in [-0.2, 0) is 6.42 Å². The molecule has 0 amide bonds. The SMILES string of the molecule is BrCCCCc1sccc1Br. The molecule has 0 unspecified atom stereocenters. The fraction of sp³-hybridized carbons (Fsp3) is 0.500. The summed E-state index contributed by atoms with van der Waals surface area (Å²) >= 11 is 8.78. The van der Waals surface area contributed by atoms with E-state index in [9.17, 15) is 0 Å². The van der Waals surface area contributed by atoms with Crippen LogP contribution >= 0.6 is 43.2 Å². The molecule has 1 heterocycles. The molecule has 0 atom stereocenters. The Labute approximate surface area is 88.3 Å². The van der Waals surface area contributed by atoms with Crippen LogP contribution in [0.5, 0.6) is 0 Å². The van der Waals surface area contributed by atoms with Crippen molar-refractivity contribution < 1.29 is 0 Å². The fourth-order valence-electron chi connectivity index (χ4n) is 0.884. The quantitative estimate of drug-likeness (QED) is 0.576. The number of halogens is 2. The highest BCUT2D eigenvalue weighted by Gasteiger charge is 1.99. The normalized spacial score (nSPS) is 10.4. The Hall–Kier alpha value is 0.660. The van der Waals surface area contributed by atoms with Gasteiger partial charge < -0.3 is 0 Å². The highest BCUT2D eigenvalue weighted by molar-refractivity contribution is 9.10. The molecule has 0 fully saturated rings. The van der Waals surface area contributed by atoms with Crippen molar-refractivity contribution in [3.8, 4) is 0 Å². The highest BCUT2D eigenvalue weighted by atomic mass is 79.9. The summed E-state index contributed by atoms with van der Waals surface area (Å²) in [4.78, 5) is 1.48. The van der Waals surface area contributed by atoms with Gasteiger partial charge in [-0.15, -0.1) is 11.3 Å². The number of aryl methyl sites for hydroxylation is 1. The van der Waals surface area contributed by atoms with Gasteiger partial charge in [0, 0.05) is 14.7 Å². The molecule has 0 aliphatic carbocycles. The largest absolute Gasteiger partial charge is 0.148 e. The Bertz CT molecular complexity index is 208. The minimum atomic E-state index is 1.12. The summed E-state index contributed by atoms with van der Waals surface area (Å²) in [5.41, 5.74) is 0. The maximum absolute atomic E-state index is 3.52. The lowest BCUT2D eigenvalue weighted by atomic mass is 10.2. The molecule has 1 aromatic heterocycles. The standard InChI is InChI=1S/C8H10Br2S/c9-5-2-1-3-8-7(10)4-6-11-8/h4,6H,1-3,5H2. The number of hydrogen-bond acceptors (Lipinski definition) is 1. The van der Waals surface area contributed by atoms with E-state index in [4.69, 9.17) is 0 Å². The number of alkyl halides is 1. The first-order valence-electron chi connectivity index (χ1n) is 3.62. The first kappa shape index (κ1) is 9.75. The second-order valence-corrected chi connectivity index (χ2v) is 4.99. The highest BCUT2D eigenvalue weighted by Crippen LogP contribution is 2.24. The molecule has 11 heavy (non-hydrogen) atoms. The van der Waals surface area contributed by atoms with Crippen molar-refractivity contribution in [2.24, 2.45) is 0 Å². The Kier molecular flexibility index (Phi) is 4.72. The Morgan fingerprint density at radius 2 is 2.18 bits per heavy atom. The van der Waals surface area contributed by atoms with E-state index >= 15 is 0 Å². The molecule has 0 radical (unpaired) electrons. The summed E-state index contributed by atoms with van der Waals surface area (Å²) in [5.74, 6) is 0. The first-order chi connectivity index (χ1) is 5.34. The van der Waals surface area contributed by atoms with Crippen molar-refractivity contribution in [2.75, 3.05) is 5.33 Å². The number of rotatable bonds is 4. The predicted octanol–water partition coefficient (Wildman–Crippen LogP) is 4.23.